The third-order valence-corrected chi connectivity index (χ3v) is 5.93. The van der Waals surface area contributed by atoms with Crippen molar-refractivity contribution >= 4 is 22.2 Å². The van der Waals surface area contributed by atoms with Crippen LogP contribution in [-0.2, 0) is 12.0 Å². The Morgan fingerprint density at radius 3 is 2.68 bits per heavy atom. The number of rotatable bonds is 2. The van der Waals surface area contributed by atoms with Gasteiger partial charge in [0, 0.05) is 21.5 Å². The zero-order valence-electron chi connectivity index (χ0n) is 15.3. The monoisotopic (exact) mass is 353 g/mol. The molecule has 3 rings (SSSR count). The zero-order valence-corrected chi connectivity index (χ0v) is 16.1. The van der Waals surface area contributed by atoms with E-state index in [0.717, 1.165) is 22.4 Å². The SMILES string of the molecule is Cc1cccc(C(=O)Nc2sc3c(c2C#N)CC(C)(C)NC3(C)C)c1. The fourth-order valence-corrected chi connectivity index (χ4v) is 4.92. The summed E-state index contributed by atoms with van der Waals surface area (Å²) in [5.41, 5.74) is 2.96. The highest BCUT2D eigenvalue weighted by Crippen LogP contribution is 2.44. The van der Waals surface area contributed by atoms with Crippen molar-refractivity contribution < 1.29 is 4.79 Å². The van der Waals surface area contributed by atoms with E-state index in [4.69, 9.17) is 0 Å². The van der Waals surface area contributed by atoms with Crippen molar-refractivity contribution in [2.24, 2.45) is 0 Å². The van der Waals surface area contributed by atoms with Crippen LogP contribution in [0, 0.1) is 18.3 Å². The van der Waals surface area contributed by atoms with Gasteiger partial charge in [-0.05, 0) is 58.7 Å². The van der Waals surface area contributed by atoms with Crippen LogP contribution in [0.5, 0.6) is 0 Å². The van der Waals surface area contributed by atoms with Crippen molar-refractivity contribution in [3.63, 3.8) is 0 Å². The quantitative estimate of drug-likeness (QED) is 0.844. The average molecular weight is 353 g/mol. The molecule has 4 nitrogen and oxygen atoms in total. The Hall–Kier alpha value is -2.16. The van der Waals surface area contributed by atoms with Crippen LogP contribution >= 0.6 is 11.3 Å². The van der Waals surface area contributed by atoms with Crippen LogP contribution in [0.15, 0.2) is 24.3 Å². The second-order valence-electron chi connectivity index (χ2n) is 7.86. The predicted molar refractivity (Wildman–Crippen MR) is 102 cm³/mol. The standard InChI is InChI=1S/C20H23N3OS/c1-12-7-6-8-13(9-12)17(24)22-18-15(11-21)14-10-19(2,3)23-20(4,5)16(14)25-18/h6-9,23H,10H2,1-5H3,(H,22,24). The summed E-state index contributed by atoms with van der Waals surface area (Å²) < 4.78 is 0. The van der Waals surface area contributed by atoms with Crippen molar-refractivity contribution in [2.75, 3.05) is 5.32 Å². The number of nitrogens with one attached hydrogen (secondary N) is 2. The van der Waals surface area contributed by atoms with E-state index in [1.807, 2.05) is 25.1 Å². The number of hydrogen-bond donors (Lipinski definition) is 2. The lowest BCUT2D eigenvalue weighted by Gasteiger charge is -2.42. The van der Waals surface area contributed by atoms with Gasteiger partial charge in [0.15, 0.2) is 0 Å². The van der Waals surface area contributed by atoms with Gasteiger partial charge in [-0.15, -0.1) is 11.3 Å². The summed E-state index contributed by atoms with van der Waals surface area (Å²) in [6.45, 7) is 10.5. The third kappa shape index (κ3) is 3.33. The summed E-state index contributed by atoms with van der Waals surface area (Å²) in [7, 11) is 0. The van der Waals surface area contributed by atoms with Gasteiger partial charge in [0.25, 0.3) is 5.91 Å². The molecule has 25 heavy (non-hydrogen) atoms. The number of nitrogens with zero attached hydrogens (tertiary/aromatic N) is 1. The highest BCUT2D eigenvalue weighted by molar-refractivity contribution is 7.17. The molecule has 0 radical (unpaired) electrons. The highest BCUT2D eigenvalue weighted by Gasteiger charge is 2.40. The minimum atomic E-state index is -0.236. The lowest BCUT2D eigenvalue weighted by atomic mass is 9.81. The molecule has 0 bridgehead atoms. The summed E-state index contributed by atoms with van der Waals surface area (Å²) >= 11 is 1.50. The molecule has 2 heterocycles. The first kappa shape index (κ1) is 17.7. The van der Waals surface area contributed by atoms with E-state index >= 15 is 0 Å². The molecule has 0 spiro atoms. The number of anilines is 1. The molecule has 2 aromatic rings. The van der Waals surface area contributed by atoms with Crippen LogP contribution in [0.1, 0.15) is 59.6 Å². The van der Waals surface area contributed by atoms with Gasteiger partial charge < -0.3 is 10.6 Å². The van der Waals surface area contributed by atoms with Gasteiger partial charge in [0.05, 0.1) is 5.56 Å². The van der Waals surface area contributed by atoms with Crippen molar-refractivity contribution in [3.05, 3.63) is 51.4 Å². The Bertz CT molecular complexity index is 887. The summed E-state index contributed by atoms with van der Waals surface area (Å²) in [4.78, 5) is 13.7. The largest absolute Gasteiger partial charge is 0.312 e. The van der Waals surface area contributed by atoms with E-state index in [9.17, 15) is 10.1 Å². The van der Waals surface area contributed by atoms with Crippen molar-refractivity contribution in [1.29, 1.82) is 5.26 Å². The summed E-state index contributed by atoms with van der Waals surface area (Å²) in [6.07, 6.45) is 0.769. The van der Waals surface area contributed by atoms with E-state index in [2.05, 4.69) is 44.4 Å². The maximum Gasteiger partial charge on any atom is 0.256 e. The van der Waals surface area contributed by atoms with Gasteiger partial charge >= 0.3 is 0 Å². The fourth-order valence-electron chi connectivity index (χ4n) is 3.70. The molecule has 1 aliphatic rings. The van der Waals surface area contributed by atoms with Gasteiger partial charge in [0.1, 0.15) is 11.1 Å². The Kier molecular flexibility index (Phi) is 4.22. The number of thiophene rings is 1. The maximum atomic E-state index is 12.6. The number of benzene rings is 1. The number of hydrogen-bond acceptors (Lipinski definition) is 4. The molecule has 1 aromatic carbocycles. The van der Waals surface area contributed by atoms with Crippen LogP contribution in [0.2, 0.25) is 0 Å². The molecule has 1 aromatic heterocycles. The van der Waals surface area contributed by atoms with Crippen molar-refractivity contribution in [1.82, 2.24) is 5.32 Å². The molecule has 1 aliphatic heterocycles. The van der Waals surface area contributed by atoms with E-state index in [-0.39, 0.29) is 17.0 Å². The first-order valence-electron chi connectivity index (χ1n) is 8.36. The predicted octanol–water partition coefficient (Wildman–Crippen LogP) is 4.34. The Labute approximate surface area is 152 Å². The van der Waals surface area contributed by atoms with Gasteiger partial charge in [-0.2, -0.15) is 5.26 Å². The topological polar surface area (TPSA) is 64.9 Å². The molecule has 0 atom stereocenters. The summed E-state index contributed by atoms with van der Waals surface area (Å²) in [6, 6.07) is 9.78. The minimum Gasteiger partial charge on any atom is -0.312 e. The number of amides is 1. The molecule has 5 heteroatoms. The first-order chi connectivity index (χ1) is 11.6. The van der Waals surface area contributed by atoms with Crippen molar-refractivity contribution in [3.8, 4) is 6.07 Å². The van der Waals surface area contributed by atoms with Crippen LogP contribution < -0.4 is 10.6 Å². The van der Waals surface area contributed by atoms with Crippen LogP contribution in [0.3, 0.4) is 0 Å². The zero-order chi connectivity index (χ0) is 18.4. The van der Waals surface area contributed by atoms with Crippen LogP contribution in [0.25, 0.3) is 0 Å². The molecule has 0 saturated carbocycles. The number of carbonyl (C=O) groups is 1. The van der Waals surface area contributed by atoms with E-state index in [1.165, 1.54) is 11.3 Å². The average Bonchev–Trinajstić information content (AvgIpc) is 2.83. The van der Waals surface area contributed by atoms with E-state index in [1.54, 1.807) is 6.07 Å². The van der Waals surface area contributed by atoms with Gasteiger partial charge in [-0.1, -0.05) is 17.7 Å². The Morgan fingerprint density at radius 2 is 2.04 bits per heavy atom. The first-order valence-corrected chi connectivity index (χ1v) is 9.18. The molecule has 2 N–H and O–H groups in total. The normalized spacial score (nSPS) is 17.4. The lowest BCUT2D eigenvalue weighted by Crippen LogP contribution is -2.54. The summed E-state index contributed by atoms with van der Waals surface area (Å²) in [5.74, 6) is -0.177. The second-order valence-corrected chi connectivity index (χ2v) is 8.88. The smallest absolute Gasteiger partial charge is 0.256 e. The number of nitriles is 1. The number of aryl methyl sites for hydroxylation is 1. The van der Waals surface area contributed by atoms with E-state index in [0.29, 0.717) is 16.1 Å². The molecule has 0 aliphatic carbocycles. The Morgan fingerprint density at radius 1 is 1.32 bits per heavy atom. The fraction of sp³-hybridized carbons (Fsp3) is 0.400. The molecule has 0 saturated heterocycles. The molecule has 130 valence electrons. The molecular weight excluding hydrogens is 330 g/mol. The number of fused-ring (bicyclic) bond motifs is 1. The maximum absolute atomic E-state index is 12.6. The Balaban J connectivity index is 2.01. The third-order valence-electron chi connectivity index (χ3n) is 4.46. The number of carbonyl (C=O) groups excluding carboxylic acids is 1. The second kappa shape index (κ2) is 5.98. The molecule has 1 amide bonds. The van der Waals surface area contributed by atoms with Crippen molar-refractivity contribution in [2.45, 2.75) is 52.1 Å². The van der Waals surface area contributed by atoms with Gasteiger partial charge in [0.2, 0.25) is 0 Å². The highest BCUT2D eigenvalue weighted by atomic mass is 32.1. The lowest BCUT2D eigenvalue weighted by molar-refractivity contribution is 0.102. The molecule has 0 unspecified atom stereocenters. The summed E-state index contributed by atoms with van der Waals surface area (Å²) in [5, 5.41) is 17.0. The van der Waals surface area contributed by atoms with E-state index < -0.39 is 0 Å². The van der Waals surface area contributed by atoms with Gasteiger partial charge in [-0.3, -0.25) is 4.79 Å². The van der Waals surface area contributed by atoms with Crippen LogP contribution in [-0.4, -0.2) is 11.4 Å². The minimum absolute atomic E-state index is 0.0962. The molecule has 0 fully saturated rings. The van der Waals surface area contributed by atoms with Crippen LogP contribution in [0.4, 0.5) is 5.00 Å². The van der Waals surface area contributed by atoms with Gasteiger partial charge in [-0.25, -0.2) is 0 Å². The molecular formula is C20H23N3OS.